The molecule has 2 aromatic heterocycles. The van der Waals surface area contributed by atoms with Crippen LogP contribution in [-0.2, 0) is 15.7 Å². The molecule has 3 heterocycles. The van der Waals surface area contributed by atoms with Gasteiger partial charge in [0.15, 0.2) is 0 Å². The molecule has 0 saturated carbocycles. The van der Waals surface area contributed by atoms with Gasteiger partial charge in [0.05, 0.1) is 16.7 Å². The Morgan fingerprint density at radius 1 is 0.771 bits per heavy atom. The molecule has 5 heteroatoms. The van der Waals surface area contributed by atoms with Crippen LogP contribution in [0.15, 0.2) is 79.0 Å². The Kier molecular flexibility index (Phi) is 4.22. The normalized spacial score (nSPS) is 17.8. The minimum atomic E-state index is -0.342. The van der Waals surface area contributed by atoms with Crippen LogP contribution in [0.2, 0.25) is 0 Å². The van der Waals surface area contributed by atoms with E-state index in [0.29, 0.717) is 0 Å². The van der Waals surface area contributed by atoms with Crippen molar-refractivity contribution in [2.24, 2.45) is 0 Å². The molecule has 0 amide bonds. The number of fused-ring (bicyclic) bond motifs is 6. The summed E-state index contributed by atoms with van der Waals surface area (Å²) in [6.07, 6.45) is 2.77. The lowest BCUT2D eigenvalue weighted by Gasteiger charge is -2.32. The zero-order valence-electron chi connectivity index (χ0n) is 20.5. The maximum atomic E-state index is 6.30. The third-order valence-corrected chi connectivity index (χ3v) is 8.11. The molecule has 4 nitrogen and oxygen atoms in total. The minimum absolute atomic E-state index is 0.340. The molecule has 0 bridgehead atoms. The predicted octanol–water partition coefficient (Wildman–Crippen LogP) is 6.05. The maximum absolute atomic E-state index is 6.30. The molecule has 0 N–H and O–H groups in total. The number of nitrogens with zero attached hydrogens (tertiary/aromatic N) is 2. The first-order valence-electron chi connectivity index (χ1n) is 12.3. The summed E-state index contributed by atoms with van der Waals surface area (Å²) < 4.78 is 14.9. The van der Waals surface area contributed by atoms with E-state index in [0.717, 1.165) is 23.2 Å². The van der Waals surface area contributed by atoms with Gasteiger partial charge in [0.1, 0.15) is 5.65 Å². The van der Waals surface area contributed by atoms with Crippen LogP contribution in [-0.4, -0.2) is 27.9 Å². The molecule has 1 fully saturated rings. The molecule has 0 atom stereocenters. The van der Waals surface area contributed by atoms with Crippen LogP contribution in [0, 0.1) is 0 Å². The molecule has 7 rings (SSSR count). The predicted molar refractivity (Wildman–Crippen MR) is 143 cm³/mol. The summed E-state index contributed by atoms with van der Waals surface area (Å²) in [4.78, 5) is 4.74. The van der Waals surface area contributed by atoms with Gasteiger partial charge in [-0.1, -0.05) is 42.5 Å². The average Bonchev–Trinajstić information content (AvgIpc) is 3.44. The van der Waals surface area contributed by atoms with Crippen LogP contribution in [0.5, 0.6) is 0 Å². The van der Waals surface area contributed by atoms with Gasteiger partial charge in [-0.25, -0.2) is 4.98 Å². The maximum Gasteiger partial charge on any atom is 0.494 e. The van der Waals surface area contributed by atoms with E-state index in [1.54, 1.807) is 0 Å². The van der Waals surface area contributed by atoms with Gasteiger partial charge in [0.25, 0.3) is 0 Å². The molecule has 1 saturated heterocycles. The summed E-state index contributed by atoms with van der Waals surface area (Å²) in [6, 6.07) is 26.1. The van der Waals surface area contributed by atoms with E-state index in [1.807, 2.05) is 12.3 Å². The molecule has 1 aliphatic carbocycles. The van der Waals surface area contributed by atoms with Crippen molar-refractivity contribution in [3.8, 4) is 16.8 Å². The van der Waals surface area contributed by atoms with E-state index in [1.165, 1.54) is 38.5 Å². The third-order valence-electron chi connectivity index (χ3n) is 8.11. The van der Waals surface area contributed by atoms with E-state index >= 15 is 0 Å². The molecule has 5 aromatic rings. The van der Waals surface area contributed by atoms with E-state index in [2.05, 4.69) is 99.0 Å². The SMILES string of the molecule is CC1(C)OB(c2ccc3c(c2)Cc2cc(-n4c5ccccc5c5cccnc54)ccc2-3)OC1(C)C. The highest BCUT2D eigenvalue weighted by atomic mass is 16.7. The summed E-state index contributed by atoms with van der Waals surface area (Å²) in [7, 11) is -0.340. The van der Waals surface area contributed by atoms with Gasteiger partial charge in [-0.2, -0.15) is 0 Å². The molecule has 0 spiro atoms. The van der Waals surface area contributed by atoms with Crippen molar-refractivity contribution >= 4 is 34.5 Å². The van der Waals surface area contributed by atoms with Gasteiger partial charge in [-0.05, 0) is 92.2 Å². The fourth-order valence-corrected chi connectivity index (χ4v) is 5.54. The average molecular weight is 458 g/mol. The highest BCUT2D eigenvalue weighted by molar-refractivity contribution is 6.62. The minimum Gasteiger partial charge on any atom is -0.399 e. The lowest BCUT2D eigenvalue weighted by Crippen LogP contribution is -2.41. The second-order valence-electron chi connectivity index (χ2n) is 10.8. The van der Waals surface area contributed by atoms with E-state index in [9.17, 15) is 0 Å². The second kappa shape index (κ2) is 7.06. The Morgan fingerprint density at radius 2 is 1.46 bits per heavy atom. The topological polar surface area (TPSA) is 36.3 Å². The number of rotatable bonds is 2. The fraction of sp³-hybridized carbons (Fsp3) is 0.233. The fourth-order valence-electron chi connectivity index (χ4n) is 5.54. The molecule has 0 unspecified atom stereocenters. The highest BCUT2D eigenvalue weighted by Gasteiger charge is 2.51. The van der Waals surface area contributed by atoms with Gasteiger partial charge in [-0.3, -0.25) is 4.57 Å². The van der Waals surface area contributed by atoms with Crippen molar-refractivity contribution in [2.75, 3.05) is 0 Å². The lowest BCUT2D eigenvalue weighted by molar-refractivity contribution is 0.00578. The van der Waals surface area contributed by atoms with E-state index in [4.69, 9.17) is 14.3 Å². The van der Waals surface area contributed by atoms with Crippen LogP contribution in [0.4, 0.5) is 0 Å². The van der Waals surface area contributed by atoms with Gasteiger partial charge in [-0.15, -0.1) is 0 Å². The quantitative estimate of drug-likeness (QED) is 0.297. The second-order valence-corrected chi connectivity index (χ2v) is 10.8. The third kappa shape index (κ3) is 2.98. The summed E-state index contributed by atoms with van der Waals surface area (Å²) in [5, 5.41) is 2.41. The molecule has 3 aromatic carbocycles. The summed E-state index contributed by atoms with van der Waals surface area (Å²) in [5.74, 6) is 0. The lowest BCUT2D eigenvalue weighted by atomic mass is 9.78. The molecular weight excluding hydrogens is 431 g/mol. The smallest absolute Gasteiger partial charge is 0.399 e. The summed E-state index contributed by atoms with van der Waals surface area (Å²) >= 11 is 0. The zero-order valence-corrected chi connectivity index (χ0v) is 20.5. The first-order valence-corrected chi connectivity index (χ1v) is 12.3. The number of hydrogen-bond donors (Lipinski definition) is 0. The number of pyridine rings is 1. The summed E-state index contributed by atoms with van der Waals surface area (Å²) in [6.45, 7) is 8.39. The van der Waals surface area contributed by atoms with Crippen LogP contribution < -0.4 is 5.46 Å². The van der Waals surface area contributed by atoms with Crippen molar-refractivity contribution in [3.63, 3.8) is 0 Å². The Hall–Kier alpha value is -3.41. The van der Waals surface area contributed by atoms with E-state index in [-0.39, 0.29) is 18.3 Å². The first-order chi connectivity index (χ1) is 16.8. The number of aromatic nitrogens is 2. The van der Waals surface area contributed by atoms with Crippen LogP contribution in [0.1, 0.15) is 38.8 Å². The monoisotopic (exact) mass is 458 g/mol. The molecule has 2 aliphatic rings. The van der Waals surface area contributed by atoms with Crippen LogP contribution in [0.25, 0.3) is 38.8 Å². The van der Waals surface area contributed by atoms with Gasteiger partial charge in [0.2, 0.25) is 0 Å². The summed E-state index contributed by atoms with van der Waals surface area (Å²) in [5.41, 5.74) is 8.98. The van der Waals surface area contributed by atoms with Gasteiger partial charge in [0, 0.05) is 22.7 Å². The molecule has 35 heavy (non-hydrogen) atoms. The zero-order chi connectivity index (χ0) is 23.9. The number of benzene rings is 3. The van der Waals surface area contributed by atoms with Crippen LogP contribution >= 0.6 is 0 Å². The Bertz CT molecular complexity index is 1580. The van der Waals surface area contributed by atoms with Gasteiger partial charge >= 0.3 is 7.12 Å². The molecule has 172 valence electrons. The van der Waals surface area contributed by atoms with Crippen molar-refractivity contribution < 1.29 is 9.31 Å². The Balaban J connectivity index is 1.29. The van der Waals surface area contributed by atoms with Crippen molar-refractivity contribution in [2.45, 2.75) is 45.3 Å². The molecule has 0 radical (unpaired) electrons. The largest absolute Gasteiger partial charge is 0.494 e. The Labute approximate surface area is 205 Å². The van der Waals surface area contributed by atoms with Crippen molar-refractivity contribution in [1.82, 2.24) is 9.55 Å². The molecule has 1 aliphatic heterocycles. The number of hydrogen-bond acceptors (Lipinski definition) is 3. The van der Waals surface area contributed by atoms with Crippen molar-refractivity contribution in [3.05, 3.63) is 90.1 Å². The van der Waals surface area contributed by atoms with Crippen molar-refractivity contribution in [1.29, 1.82) is 0 Å². The van der Waals surface area contributed by atoms with Crippen LogP contribution in [0.3, 0.4) is 0 Å². The molecular formula is C30H27BN2O2. The highest BCUT2D eigenvalue weighted by Crippen LogP contribution is 2.40. The Morgan fingerprint density at radius 3 is 2.26 bits per heavy atom. The van der Waals surface area contributed by atoms with Gasteiger partial charge < -0.3 is 9.31 Å². The number of para-hydroxylation sites is 1. The standard InChI is InChI=1S/C30H27BN2O2/c1-29(2)30(3,4)35-31(34-29)21-11-13-23-19(17-21)16-20-18-22(12-14-24(20)23)33-27-10-6-5-8-25(27)26-9-7-15-32-28(26)33/h5-15,17-18H,16H2,1-4H3. The van der Waals surface area contributed by atoms with E-state index < -0.39 is 0 Å². The first kappa shape index (κ1) is 20.9.